The van der Waals surface area contributed by atoms with Gasteiger partial charge in [-0.3, -0.25) is 4.79 Å². The molecule has 1 amide bonds. The number of anilines is 1. The second kappa shape index (κ2) is 7.54. The number of carbonyl (C=O) groups excluding carboxylic acids is 1. The summed E-state index contributed by atoms with van der Waals surface area (Å²) in [7, 11) is 1.52. The van der Waals surface area contributed by atoms with Crippen LogP contribution in [0.5, 0.6) is 5.75 Å². The van der Waals surface area contributed by atoms with E-state index in [0.29, 0.717) is 44.1 Å². The first-order valence-electron chi connectivity index (χ1n) is 8.35. The molecule has 0 spiro atoms. The highest BCUT2D eigenvalue weighted by Crippen LogP contribution is 2.32. The molecule has 0 saturated heterocycles. The minimum absolute atomic E-state index is 0.310. The van der Waals surface area contributed by atoms with Gasteiger partial charge in [0.25, 0.3) is 5.91 Å². The van der Waals surface area contributed by atoms with Gasteiger partial charge in [0.2, 0.25) is 5.89 Å². The Labute approximate surface area is 170 Å². The second-order valence-corrected chi connectivity index (χ2v) is 6.80. The van der Waals surface area contributed by atoms with Crippen molar-refractivity contribution in [3.8, 4) is 17.2 Å². The van der Waals surface area contributed by atoms with Crippen molar-refractivity contribution in [3.05, 3.63) is 76.3 Å². The second-order valence-electron chi connectivity index (χ2n) is 5.98. The van der Waals surface area contributed by atoms with Crippen LogP contribution in [0.25, 0.3) is 22.6 Å². The van der Waals surface area contributed by atoms with E-state index < -0.39 is 0 Å². The van der Waals surface area contributed by atoms with Gasteiger partial charge >= 0.3 is 0 Å². The predicted molar refractivity (Wildman–Crippen MR) is 110 cm³/mol. The Morgan fingerprint density at radius 1 is 1.04 bits per heavy atom. The molecule has 0 aliphatic carbocycles. The first-order valence-corrected chi connectivity index (χ1v) is 9.11. The summed E-state index contributed by atoms with van der Waals surface area (Å²) in [5.41, 5.74) is 2.94. The van der Waals surface area contributed by atoms with Gasteiger partial charge < -0.3 is 14.5 Å². The Kier molecular flexibility index (Phi) is 4.94. The number of fused-ring (bicyclic) bond motifs is 1. The Morgan fingerprint density at radius 2 is 1.86 bits per heavy atom. The van der Waals surface area contributed by atoms with Crippen molar-refractivity contribution in [2.75, 3.05) is 12.4 Å². The van der Waals surface area contributed by atoms with Crippen molar-refractivity contribution in [2.45, 2.75) is 0 Å². The number of nitrogens with zero attached hydrogens (tertiary/aromatic N) is 1. The Balaban J connectivity index is 1.63. The zero-order valence-corrected chi connectivity index (χ0v) is 16.2. The van der Waals surface area contributed by atoms with E-state index in [4.69, 9.17) is 32.4 Å². The van der Waals surface area contributed by atoms with Gasteiger partial charge in [0.15, 0.2) is 5.58 Å². The van der Waals surface area contributed by atoms with Crippen LogP contribution in [0.1, 0.15) is 10.4 Å². The van der Waals surface area contributed by atoms with Crippen LogP contribution in [-0.4, -0.2) is 18.0 Å². The summed E-state index contributed by atoms with van der Waals surface area (Å²) in [5, 5.41) is 3.66. The van der Waals surface area contributed by atoms with Crippen molar-refractivity contribution < 1.29 is 13.9 Å². The third-order valence-electron chi connectivity index (χ3n) is 4.16. The highest BCUT2D eigenvalue weighted by molar-refractivity contribution is 6.33. The molecule has 0 saturated carbocycles. The van der Waals surface area contributed by atoms with E-state index in [1.807, 2.05) is 24.3 Å². The van der Waals surface area contributed by atoms with Crippen LogP contribution < -0.4 is 10.1 Å². The highest BCUT2D eigenvalue weighted by Gasteiger charge is 2.14. The van der Waals surface area contributed by atoms with E-state index in [0.717, 1.165) is 5.52 Å². The number of aromatic nitrogens is 1. The first-order chi connectivity index (χ1) is 13.5. The van der Waals surface area contributed by atoms with Crippen LogP contribution in [0.15, 0.2) is 65.1 Å². The maximum absolute atomic E-state index is 12.6. The summed E-state index contributed by atoms with van der Waals surface area (Å²) >= 11 is 12.4. The van der Waals surface area contributed by atoms with Gasteiger partial charge in [-0.05, 0) is 48.5 Å². The molecular formula is C21H14Cl2N2O3. The lowest BCUT2D eigenvalue weighted by atomic mass is 10.1. The molecule has 1 heterocycles. The number of rotatable bonds is 4. The number of para-hydroxylation sites is 2. The summed E-state index contributed by atoms with van der Waals surface area (Å²) in [4.78, 5) is 17.0. The van der Waals surface area contributed by atoms with Crippen molar-refractivity contribution >= 4 is 45.9 Å². The molecule has 0 atom stereocenters. The lowest BCUT2D eigenvalue weighted by Crippen LogP contribution is -2.12. The minimum Gasteiger partial charge on any atom is -0.495 e. The van der Waals surface area contributed by atoms with Crippen LogP contribution in [-0.2, 0) is 0 Å². The number of hydrogen-bond acceptors (Lipinski definition) is 4. The molecule has 1 N–H and O–H groups in total. The summed E-state index contributed by atoms with van der Waals surface area (Å²) in [5.74, 6) is 0.577. The lowest BCUT2D eigenvalue weighted by molar-refractivity contribution is 0.102. The maximum Gasteiger partial charge on any atom is 0.255 e. The average molecular weight is 413 g/mol. The molecule has 0 fully saturated rings. The van der Waals surface area contributed by atoms with Gasteiger partial charge in [0, 0.05) is 11.3 Å². The van der Waals surface area contributed by atoms with Crippen LogP contribution in [0.2, 0.25) is 10.0 Å². The molecule has 0 aliphatic rings. The molecular weight excluding hydrogens is 399 g/mol. The highest BCUT2D eigenvalue weighted by atomic mass is 35.5. The molecule has 4 aromatic rings. The fraction of sp³-hybridized carbons (Fsp3) is 0.0476. The molecule has 1 aromatic heterocycles. The zero-order chi connectivity index (χ0) is 19.7. The van der Waals surface area contributed by atoms with Gasteiger partial charge in [-0.2, -0.15) is 0 Å². The topological polar surface area (TPSA) is 64.4 Å². The molecule has 7 heteroatoms. The number of oxazole rings is 1. The molecule has 0 bridgehead atoms. The Morgan fingerprint density at radius 3 is 2.61 bits per heavy atom. The van der Waals surface area contributed by atoms with Crippen molar-refractivity contribution in [1.82, 2.24) is 4.98 Å². The van der Waals surface area contributed by atoms with E-state index in [1.54, 1.807) is 36.4 Å². The van der Waals surface area contributed by atoms with E-state index in [9.17, 15) is 4.79 Å². The third kappa shape index (κ3) is 3.54. The SMILES string of the molecule is COc1ccc(C(=O)Nc2ccc(Cl)c(-c3nc4ccccc4o3)c2)cc1Cl. The van der Waals surface area contributed by atoms with E-state index >= 15 is 0 Å². The summed E-state index contributed by atoms with van der Waals surface area (Å²) in [6.45, 7) is 0. The van der Waals surface area contributed by atoms with E-state index in [1.165, 1.54) is 7.11 Å². The largest absolute Gasteiger partial charge is 0.495 e. The fourth-order valence-electron chi connectivity index (χ4n) is 2.77. The van der Waals surface area contributed by atoms with Crippen LogP contribution in [0, 0.1) is 0 Å². The number of ether oxygens (including phenoxy) is 1. The molecule has 140 valence electrons. The van der Waals surface area contributed by atoms with Gasteiger partial charge in [-0.1, -0.05) is 35.3 Å². The summed E-state index contributed by atoms with van der Waals surface area (Å²) in [6.07, 6.45) is 0. The van der Waals surface area contributed by atoms with Crippen LogP contribution in [0.3, 0.4) is 0 Å². The van der Waals surface area contributed by atoms with Crippen molar-refractivity contribution in [2.24, 2.45) is 0 Å². The molecule has 0 aliphatic heterocycles. The minimum atomic E-state index is -0.310. The molecule has 0 unspecified atom stereocenters. The lowest BCUT2D eigenvalue weighted by Gasteiger charge is -2.09. The van der Waals surface area contributed by atoms with Gasteiger partial charge in [0.1, 0.15) is 11.3 Å². The standard InChI is InChI=1S/C21H14Cl2N2O3/c1-27-18-9-6-12(10-16(18)23)20(26)24-13-7-8-15(22)14(11-13)21-25-17-4-2-3-5-19(17)28-21/h2-11H,1H3,(H,24,26). The van der Waals surface area contributed by atoms with Crippen LogP contribution >= 0.6 is 23.2 Å². The van der Waals surface area contributed by atoms with Crippen LogP contribution in [0.4, 0.5) is 5.69 Å². The maximum atomic E-state index is 12.6. The Hall–Kier alpha value is -3.02. The van der Waals surface area contributed by atoms with Crippen molar-refractivity contribution in [3.63, 3.8) is 0 Å². The average Bonchev–Trinajstić information content (AvgIpc) is 3.13. The number of carbonyl (C=O) groups is 1. The molecule has 0 radical (unpaired) electrons. The summed E-state index contributed by atoms with van der Waals surface area (Å²) < 4.78 is 10.9. The number of nitrogens with one attached hydrogen (secondary N) is 1. The number of amides is 1. The molecule has 5 nitrogen and oxygen atoms in total. The van der Waals surface area contributed by atoms with Crippen molar-refractivity contribution in [1.29, 1.82) is 0 Å². The van der Waals surface area contributed by atoms with E-state index in [2.05, 4.69) is 10.3 Å². The predicted octanol–water partition coefficient (Wildman–Crippen LogP) is 6.06. The number of hydrogen-bond donors (Lipinski definition) is 1. The number of halogens is 2. The first kappa shape index (κ1) is 18.3. The number of methoxy groups -OCH3 is 1. The van der Waals surface area contributed by atoms with Gasteiger partial charge in [-0.25, -0.2) is 4.98 Å². The summed E-state index contributed by atoms with van der Waals surface area (Å²) in [6, 6.07) is 17.4. The Bertz CT molecular complexity index is 1150. The number of benzene rings is 3. The monoisotopic (exact) mass is 412 g/mol. The van der Waals surface area contributed by atoms with Gasteiger partial charge in [0.05, 0.1) is 22.7 Å². The third-order valence-corrected chi connectivity index (χ3v) is 4.79. The fourth-order valence-corrected chi connectivity index (χ4v) is 3.22. The zero-order valence-electron chi connectivity index (χ0n) is 14.7. The van der Waals surface area contributed by atoms with Gasteiger partial charge in [-0.15, -0.1) is 0 Å². The smallest absolute Gasteiger partial charge is 0.255 e. The quantitative estimate of drug-likeness (QED) is 0.442. The van der Waals surface area contributed by atoms with E-state index in [-0.39, 0.29) is 5.91 Å². The molecule has 4 rings (SSSR count). The molecule has 3 aromatic carbocycles. The molecule has 28 heavy (non-hydrogen) atoms. The normalized spacial score (nSPS) is 10.8.